The van der Waals surface area contributed by atoms with E-state index in [9.17, 15) is 25.5 Å². The number of aliphatic hydroxyl groups is 4. The highest BCUT2D eigenvalue weighted by Gasteiger charge is 2.61. The highest BCUT2D eigenvalue weighted by atomic mass is 16.5. The van der Waals surface area contributed by atoms with Crippen LogP contribution < -0.4 is 4.74 Å². The lowest BCUT2D eigenvalue weighted by Crippen LogP contribution is -2.58. The van der Waals surface area contributed by atoms with Gasteiger partial charge >= 0.3 is 0 Å². The number of aromatic hydroxyl groups is 1. The molecule has 1 aromatic rings. The first-order chi connectivity index (χ1) is 13.3. The van der Waals surface area contributed by atoms with Gasteiger partial charge in [0.25, 0.3) is 0 Å². The standard InChI is InChI=1S/C20H30O8/c1-26-16-7-12(3-5-14(16)22)9-19(24)11-28-18(20(19,25)10-21)13-4-6-15(23)17(8-13)27-2/h4,6,8,12,14,16,18,21-25H,3,5,7,9-11H2,1-2H3/t12?,14?,16?,18?,19-,20+/m1/s1. The molecule has 2 aliphatic rings. The van der Waals surface area contributed by atoms with Crippen LogP contribution in [0.1, 0.15) is 37.4 Å². The number of phenolic OH excluding ortho intramolecular Hbond substituents is 1. The molecule has 2 fully saturated rings. The van der Waals surface area contributed by atoms with Gasteiger partial charge in [-0.3, -0.25) is 0 Å². The molecule has 6 atom stereocenters. The number of rotatable bonds is 6. The summed E-state index contributed by atoms with van der Waals surface area (Å²) >= 11 is 0. The number of hydrogen-bond donors (Lipinski definition) is 5. The summed E-state index contributed by atoms with van der Waals surface area (Å²) in [6.07, 6.45) is 0.165. The van der Waals surface area contributed by atoms with Gasteiger partial charge in [0, 0.05) is 7.11 Å². The van der Waals surface area contributed by atoms with E-state index in [4.69, 9.17) is 14.2 Å². The Morgan fingerprint density at radius 3 is 2.61 bits per heavy atom. The van der Waals surface area contributed by atoms with Crippen LogP contribution in [0.15, 0.2) is 18.2 Å². The van der Waals surface area contributed by atoms with Gasteiger partial charge in [-0.15, -0.1) is 0 Å². The number of phenols is 1. The molecule has 4 unspecified atom stereocenters. The second-order valence-electron chi connectivity index (χ2n) is 7.96. The number of aliphatic hydroxyl groups excluding tert-OH is 2. The maximum atomic E-state index is 11.3. The average molecular weight is 398 g/mol. The molecule has 0 spiro atoms. The molecular formula is C20H30O8. The van der Waals surface area contributed by atoms with Crippen LogP contribution in [-0.4, -0.2) is 76.4 Å². The molecule has 0 radical (unpaired) electrons. The summed E-state index contributed by atoms with van der Waals surface area (Å²) in [4.78, 5) is 0. The van der Waals surface area contributed by atoms with Crippen molar-refractivity contribution in [1.82, 2.24) is 0 Å². The highest BCUT2D eigenvalue weighted by molar-refractivity contribution is 5.43. The van der Waals surface area contributed by atoms with Crippen molar-refractivity contribution in [2.24, 2.45) is 5.92 Å². The van der Waals surface area contributed by atoms with E-state index in [1.165, 1.54) is 19.2 Å². The van der Waals surface area contributed by atoms with Crippen molar-refractivity contribution in [3.05, 3.63) is 23.8 Å². The summed E-state index contributed by atoms with van der Waals surface area (Å²) < 4.78 is 16.2. The maximum Gasteiger partial charge on any atom is 0.160 e. The summed E-state index contributed by atoms with van der Waals surface area (Å²) in [6.45, 7) is -0.838. The van der Waals surface area contributed by atoms with E-state index in [1.54, 1.807) is 13.2 Å². The second kappa shape index (κ2) is 8.14. The lowest BCUT2D eigenvalue weighted by molar-refractivity contribution is -0.170. The monoisotopic (exact) mass is 398 g/mol. The second-order valence-corrected chi connectivity index (χ2v) is 7.96. The van der Waals surface area contributed by atoms with Gasteiger partial charge in [0.15, 0.2) is 11.5 Å². The Balaban J connectivity index is 1.83. The molecular weight excluding hydrogens is 368 g/mol. The van der Waals surface area contributed by atoms with E-state index in [1.807, 2.05) is 0 Å². The van der Waals surface area contributed by atoms with Crippen LogP contribution in [0.2, 0.25) is 0 Å². The van der Waals surface area contributed by atoms with Crippen molar-refractivity contribution in [1.29, 1.82) is 0 Å². The number of hydrogen-bond acceptors (Lipinski definition) is 8. The van der Waals surface area contributed by atoms with Gasteiger partial charge in [0.05, 0.1) is 32.5 Å². The molecule has 1 saturated heterocycles. The SMILES string of the molecule is COc1cc(C2OC[C@](O)(CC3CCC(O)C(OC)C3)[C@]2(O)CO)ccc1O. The smallest absolute Gasteiger partial charge is 0.160 e. The Labute approximate surface area is 164 Å². The van der Waals surface area contributed by atoms with Crippen LogP contribution in [0.5, 0.6) is 11.5 Å². The normalized spacial score (nSPS) is 38.5. The Kier molecular flexibility index (Phi) is 6.19. The molecule has 28 heavy (non-hydrogen) atoms. The van der Waals surface area contributed by atoms with Gasteiger partial charge in [0.2, 0.25) is 0 Å². The zero-order valence-corrected chi connectivity index (χ0v) is 16.2. The summed E-state index contributed by atoms with van der Waals surface area (Å²) in [5.74, 6) is 0.160. The molecule has 158 valence electrons. The van der Waals surface area contributed by atoms with Crippen molar-refractivity contribution in [2.75, 3.05) is 27.4 Å². The number of benzene rings is 1. The van der Waals surface area contributed by atoms with Crippen molar-refractivity contribution < 1.29 is 39.7 Å². The van der Waals surface area contributed by atoms with Gasteiger partial charge in [-0.25, -0.2) is 0 Å². The zero-order valence-electron chi connectivity index (χ0n) is 16.2. The molecule has 0 amide bonds. The van der Waals surface area contributed by atoms with Gasteiger partial charge in [-0.2, -0.15) is 0 Å². The molecule has 1 heterocycles. The predicted octanol–water partition coefficient (Wildman–Crippen LogP) is 0.493. The fourth-order valence-corrected chi connectivity index (χ4v) is 4.54. The molecule has 1 aromatic carbocycles. The molecule has 1 aliphatic heterocycles. The molecule has 1 saturated carbocycles. The topological polar surface area (TPSA) is 129 Å². The predicted molar refractivity (Wildman–Crippen MR) is 99.1 cm³/mol. The number of methoxy groups -OCH3 is 2. The first-order valence-corrected chi connectivity index (χ1v) is 9.53. The van der Waals surface area contributed by atoms with Gasteiger partial charge in [-0.05, 0) is 49.3 Å². The van der Waals surface area contributed by atoms with E-state index in [0.29, 0.717) is 24.8 Å². The zero-order chi connectivity index (χ0) is 20.5. The van der Waals surface area contributed by atoms with Crippen LogP contribution >= 0.6 is 0 Å². The van der Waals surface area contributed by atoms with Crippen LogP contribution in [-0.2, 0) is 9.47 Å². The summed E-state index contributed by atoms with van der Waals surface area (Å²) in [5, 5.41) is 52.3. The van der Waals surface area contributed by atoms with E-state index in [0.717, 1.165) is 0 Å². The van der Waals surface area contributed by atoms with Crippen LogP contribution in [0.3, 0.4) is 0 Å². The van der Waals surface area contributed by atoms with Crippen molar-refractivity contribution >= 4 is 0 Å². The third-order valence-corrected chi connectivity index (χ3v) is 6.27. The maximum absolute atomic E-state index is 11.3. The molecule has 3 rings (SSSR count). The van der Waals surface area contributed by atoms with E-state index in [-0.39, 0.29) is 36.5 Å². The molecule has 5 N–H and O–H groups in total. The molecule has 1 aliphatic carbocycles. The molecule has 8 nitrogen and oxygen atoms in total. The fraction of sp³-hybridized carbons (Fsp3) is 0.700. The first-order valence-electron chi connectivity index (χ1n) is 9.53. The van der Waals surface area contributed by atoms with Gasteiger partial charge in [-0.1, -0.05) is 6.07 Å². The minimum absolute atomic E-state index is 0.00753. The fourth-order valence-electron chi connectivity index (χ4n) is 4.54. The van der Waals surface area contributed by atoms with E-state index < -0.39 is 30.0 Å². The molecule has 8 heteroatoms. The van der Waals surface area contributed by atoms with Crippen LogP contribution in [0.25, 0.3) is 0 Å². The third-order valence-electron chi connectivity index (χ3n) is 6.27. The Hall–Kier alpha value is -1.42. The minimum Gasteiger partial charge on any atom is -0.504 e. The summed E-state index contributed by atoms with van der Waals surface area (Å²) in [7, 11) is 2.95. The summed E-state index contributed by atoms with van der Waals surface area (Å²) in [5.41, 5.74) is -3.10. The first kappa shape index (κ1) is 21.3. The Morgan fingerprint density at radius 1 is 1.21 bits per heavy atom. The third kappa shape index (κ3) is 3.60. The number of ether oxygens (including phenoxy) is 3. The quantitative estimate of drug-likeness (QED) is 0.468. The molecule has 0 bridgehead atoms. The van der Waals surface area contributed by atoms with Gasteiger partial charge in [0.1, 0.15) is 17.3 Å². The van der Waals surface area contributed by atoms with Crippen molar-refractivity contribution in [2.45, 2.75) is 55.2 Å². The van der Waals surface area contributed by atoms with Crippen molar-refractivity contribution in [3.63, 3.8) is 0 Å². The van der Waals surface area contributed by atoms with Crippen LogP contribution in [0.4, 0.5) is 0 Å². The van der Waals surface area contributed by atoms with E-state index in [2.05, 4.69) is 0 Å². The van der Waals surface area contributed by atoms with E-state index >= 15 is 0 Å². The average Bonchev–Trinajstić information content (AvgIpc) is 2.95. The Bertz CT molecular complexity index is 682. The highest BCUT2D eigenvalue weighted by Crippen LogP contribution is 2.49. The lowest BCUT2D eigenvalue weighted by atomic mass is 9.71. The van der Waals surface area contributed by atoms with Crippen molar-refractivity contribution in [3.8, 4) is 11.5 Å². The van der Waals surface area contributed by atoms with Crippen LogP contribution in [0, 0.1) is 5.92 Å². The largest absolute Gasteiger partial charge is 0.504 e. The summed E-state index contributed by atoms with van der Waals surface area (Å²) in [6, 6.07) is 4.50. The molecule has 0 aromatic heterocycles. The Morgan fingerprint density at radius 2 is 1.96 bits per heavy atom. The lowest BCUT2D eigenvalue weighted by Gasteiger charge is -2.42. The van der Waals surface area contributed by atoms with Gasteiger partial charge < -0.3 is 39.7 Å². The minimum atomic E-state index is -1.92.